The summed E-state index contributed by atoms with van der Waals surface area (Å²) in [6, 6.07) is 0. The van der Waals surface area contributed by atoms with Crippen molar-refractivity contribution in [3.05, 3.63) is 32.6 Å². The molecule has 0 saturated carbocycles. The van der Waals surface area contributed by atoms with Gasteiger partial charge in [-0.05, 0) is 13.3 Å². The van der Waals surface area contributed by atoms with Crippen LogP contribution in [0.25, 0.3) is 0 Å². The van der Waals surface area contributed by atoms with Crippen LogP contribution >= 0.6 is 11.3 Å². The highest BCUT2D eigenvalue weighted by Gasteiger charge is 2.06. The Morgan fingerprint density at radius 1 is 1.32 bits per heavy atom. The van der Waals surface area contributed by atoms with Crippen LogP contribution in [0.15, 0.2) is 16.5 Å². The highest BCUT2D eigenvalue weighted by molar-refractivity contribution is 7.07. The predicted octanol–water partition coefficient (Wildman–Crippen LogP) is 1.97. The number of hydrogen-bond donors (Lipinski definition) is 3. The minimum absolute atomic E-state index is 0.0403. The molecular weight excluding hydrogens is 262 g/mol. The van der Waals surface area contributed by atoms with E-state index in [4.69, 9.17) is 0 Å². The lowest BCUT2D eigenvalue weighted by molar-refractivity contribution is 0.955. The number of aromatic nitrogens is 3. The van der Waals surface area contributed by atoms with Crippen molar-refractivity contribution in [1.29, 1.82) is 0 Å². The quantitative estimate of drug-likeness (QED) is 0.753. The van der Waals surface area contributed by atoms with E-state index in [1.165, 1.54) is 6.33 Å². The third-order valence-corrected chi connectivity index (χ3v) is 3.36. The molecule has 7 heteroatoms. The summed E-state index contributed by atoms with van der Waals surface area (Å²) in [6.07, 6.45) is 2.58. The van der Waals surface area contributed by atoms with Gasteiger partial charge in [-0.2, -0.15) is 0 Å². The highest BCUT2D eigenvalue weighted by Crippen LogP contribution is 2.18. The zero-order valence-electron chi connectivity index (χ0n) is 11.0. The minimum Gasteiger partial charge on any atom is -0.370 e. The van der Waals surface area contributed by atoms with Crippen LogP contribution < -0.4 is 15.5 Å². The Bertz CT molecular complexity index is 592. The van der Waals surface area contributed by atoms with Crippen LogP contribution in [0.5, 0.6) is 0 Å². The van der Waals surface area contributed by atoms with Crippen LogP contribution in [0.2, 0.25) is 0 Å². The predicted molar refractivity (Wildman–Crippen MR) is 77.8 cm³/mol. The van der Waals surface area contributed by atoms with E-state index in [1.54, 1.807) is 0 Å². The second-order valence-electron chi connectivity index (χ2n) is 4.15. The van der Waals surface area contributed by atoms with Crippen molar-refractivity contribution < 1.29 is 0 Å². The summed E-state index contributed by atoms with van der Waals surface area (Å²) >= 11 is 1.16. The lowest BCUT2D eigenvalue weighted by Crippen LogP contribution is -2.09. The third-order valence-electron chi connectivity index (χ3n) is 2.64. The summed E-state index contributed by atoms with van der Waals surface area (Å²) in [5.41, 5.74) is 1.84. The van der Waals surface area contributed by atoms with Crippen molar-refractivity contribution in [3.63, 3.8) is 0 Å². The molecule has 0 aliphatic heterocycles. The first-order chi connectivity index (χ1) is 9.20. The number of anilines is 2. The van der Waals surface area contributed by atoms with E-state index >= 15 is 0 Å². The molecule has 3 N–H and O–H groups in total. The normalized spacial score (nSPS) is 10.4. The molecule has 0 aliphatic carbocycles. The summed E-state index contributed by atoms with van der Waals surface area (Å²) in [4.78, 5) is 22.2. The monoisotopic (exact) mass is 279 g/mol. The van der Waals surface area contributed by atoms with Crippen LogP contribution in [0.4, 0.5) is 11.6 Å². The molecular formula is C12H17N5OS. The molecule has 0 saturated heterocycles. The molecule has 2 rings (SSSR count). The third kappa shape index (κ3) is 3.54. The van der Waals surface area contributed by atoms with Gasteiger partial charge < -0.3 is 15.6 Å². The SMILES string of the molecule is CCCNc1ncnc(NCc2csc(=O)[nH]2)c1C. The molecule has 0 spiro atoms. The van der Waals surface area contributed by atoms with Gasteiger partial charge in [-0.15, -0.1) is 0 Å². The smallest absolute Gasteiger partial charge is 0.304 e. The standard InChI is InChI=1S/C12H17N5OS/c1-3-4-13-10-8(2)11(16-7-15-10)14-5-9-6-19-12(18)17-9/h6-7H,3-5H2,1-2H3,(H,17,18)(H2,13,14,15,16). The summed E-state index contributed by atoms with van der Waals surface area (Å²) in [5, 5.41) is 8.27. The van der Waals surface area contributed by atoms with Crippen molar-refractivity contribution in [2.24, 2.45) is 0 Å². The van der Waals surface area contributed by atoms with Gasteiger partial charge in [0.15, 0.2) is 0 Å². The summed E-state index contributed by atoms with van der Waals surface area (Å²) in [6.45, 7) is 5.51. The second kappa shape index (κ2) is 6.33. The number of nitrogens with zero attached hydrogens (tertiary/aromatic N) is 2. The van der Waals surface area contributed by atoms with E-state index in [1.807, 2.05) is 12.3 Å². The zero-order valence-corrected chi connectivity index (χ0v) is 11.8. The van der Waals surface area contributed by atoms with Crippen molar-refractivity contribution in [2.45, 2.75) is 26.8 Å². The van der Waals surface area contributed by atoms with Gasteiger partial charge in [0.25, 0.3) is 0 Å². The van der Waals surface area contributed by atoms with Crippen molar-refractivity contribution in [2.75, 3.05) is 17.2 Å². The van der Waals surface area contributed by atoms with E-state index in [0.717, 1.165) is 47.2 Å². The average Bonchev–Trinajstić information content (AvgIpc) is 2.82. The van der Waals surface area contributed by atoms with E-state index in [9.17, 15) is 4.79 Å². The average molecular weight is 279 g/mol. The Hall–Kier alpha value is -1.89. The number of hydrogen-bond acceptors (Lipinski definition) is 6. The number of thiazole rings is 1. The minimum atomic E-state index is -0.0403. The number of nitrogens with one attached hydrogen (secondary N) is 3. The van der Waals surface area contributed by atoms with Crippen molar-refractivity contribution in [1.82, 2.24) is 15.0 Å². The van der Waals surface area contributed by atoms with Crippen LogP contribution in [0, 0.1) is 6.92 Å². The number of rotatable bonds is 6. The van der Waals surface area contributed by atoms with Crippen molar-refractivity contribution >= 4 is 23.0 Å². The van der Waals surface area contributed by atoms with Crippen LogP contribution in [0.3, 0.4) is 0 Å². The Balaban J connectivity index is 2.05. The first-order valence-electron chi connectivity index (χ1n) is 6.16. The first kappa shape index (κ1) is 13.5. The molecule has 2 aromatic rings. The van der Waals surface area contributed by atoms with E-state index in [-0.39, 0.29) is 4.87 Å². The summed E-state index contributed by atoms with van der Waals surface area (Å²) < 4.78 is 0. The lowest BCUT2D eigenvalue weighted by atomic mass is 10.3. The molecule has 102 valence electrons. The van der Waals surface area contributed by atoms with Crippen LogP contribution in [-0.4, -0.2) is 21.5 Å². The molecule has 6 nitrogen and oxygen atoms in total. The molecule has 19 heavy (non-hydrogen) atoms. The maximum absolute atomic E-state index is 11.0. The molecule has 0 unspecified atom stereocenters. The van der Waals surface area contributed by atoms with Crippen LogP contribution in [0.1, 0.15) is 24.6 Å². The van der Waals surface area contributed by atoms with Gasteiger partial charge in [0.05, 0.1) is 6.54 Å². The van der Waals surface area contributed by atoms with Gasteiger partial charge in [0.1, 0.15) is 18.0 Å². The zero-order chi connectivity index (χ0) is 13.7. The molecule has 0 aromatic carbocycles. The molecule has 2 aromatic heterocycles. The summed E-state index contributed by atoms with van der Waals surface area (Å²) in [7, 11) is 0. The fourth-order valence-electron chi connectivity index (χ4n) is 1.63. The number of aromatic amines is 1. The molecule has 0 atom stereocenters. The van der Waals surface area contributed by atoms with Gasteiger partial charge in [0, 0.05) is 23.2 Å². The lowest BCUT2D eigenvalue weighted by Gasteiger charge is -2.11. The topological polar surface area (TPSA) is 82.7 Å². The van der Waals surface area contributed by atoms with E-state index in [0.29, 0.717) is 6.54 Å². The molecule has 0 aliphatic rings. The van der Waals surface area contributed by atoms with Gasteiger partial charge in [-0.25, -0.2) is 9.97 Å². The Morgan fingerprint density at radius 3 is 2.68 bits per heavy atom. The maximum atomic E-state index is 11.0. The van der Waals surface area contributed by atoms with Gasteiger partial charge >= 0.3 is 4.87 Å². The Morgan fingerprint density at radius 2 is 2.05 bits per heavy atom. The van der Waals surface area contributed by atoms with Gasteiger partial charge in [-0.1, -0.05) is 18.3 Å². The fourth-order valence-corrected chi connectivity index (χ4v) is 2.21. The maximum Gasteiger partial charge on any atom is 0.304 e. The fraction of sp³-hybridized carbons (Fsp3) is 0.417. The Labute approximate surface area is 115 Å². The van der Waals surface area contributed by atoms with E-state index < -0.39 is 0 Å². The van der Waals surface area contributed by atoms with Crippen molar-refractivity contribution in [3.8, 4) is 0 Å². The first-order valence-corrected chi connectivity index (χ1v) is 7.04. The van der Waals surface area contributed by atoms with Gasteiger partial charge in [0.2, 0.25) is 0 Å². The molecule has 0 radical (unpaired) electrons. The molecule has 0 amide bonds. The highest BCUT2D eigenvalue weighted by atomic mass is 32.1. The number of H-pyrrole nitrogens is 1. The van der Waals surface area contributed by atoms with E-state index in [2.05, 4.69) is 32.5 Å². The Kier molecular flexibility index (Phi) is 4.51. The van der Waals surface area contributed by atoms with Gasteiger partial charge in [-0.3, -0.25) is 4.79 Å². The van der Waals surface area contributed by atoms with Crippen LogP contribution in [-0.2, 0) is 6.54 Å². The molecule has 2 heterocycles. The summed E-state index contributed by atoms with van der Waals surface area (Å²) in [5.74, 6) is 1.62. The second-order valence-corrected chi connectivity index (χ2v) is 4.99. The molecule has 0 fully saturated rings. The molecule has 0 bridgehead atoms. The largest absolute Gasteiger partial charge is 0.370 e.